The van der Waals surface area contributed by atoms with E-state index in [9.17, 15) is 9.59 Å². The molecule has 1 aromatic heterocycles. The number of piperazine rings is 1. The number of anilines is 1. The monoisotopic (exact) mass is 489 g/mol. The number of fused-ring (bicyclic) bond motifs is 2. The number of rotatable bonds is 5. The Bertz CT molecular complexity index is 1310. The smallest absolute Gasteiger partial charge is 0.289 e. The van der Waals surface area contributed by atoms with Crippen LogP contribution in [0.2, 0.25) is 0 Å². The van der Waals surface area contributed by atoms with Gasteiger partial charge in [-0.05, 0) is 54.4 Å². The Morgan fingerprint density at radius 2 is 1.69 bits per heavy atom. The minimum atomic E-state index is -0.144. The molecule has 6 rings (SSSR count). The van der Waals surface area contributed by atoms with E-state index in [1.54, 1.807) is 17.0 Å². The average Bonchev–Trinajstić information content (AvgIpc) is 3.55. The summed E-state index contributed by atoms with van der Waals surface area (Å²) in [6.07, 6.45) is 0. The van der Waals surface area contributed by atoms with Gasteiger partial charge in [-0.15, -0.1) is 0 Å². The van der Waals surface area contributed by atoms with E-state index in [0.717, 1.165) is 42.3 Å². The summed E-state index contributed by atoms with van der Waals surface area (Å²) in [6.45, 7) is 6.04. The molecular formula is C27H27N3O6. The SMILES string of the molecule is Cc1ccc2c(c1)OCC(=O)N2Cc1ccc(C(=O)N2CCN(Cc3ccc4c(c3)OCO4)CC2)o1. The first-order chi connectivity index (χ1) is 17.5. The number of aryl methyl sites for hydroxylation is 1. The van der Waals surface area contributed by atoms with Crippen molar-refractivity contribution in [3.8, 4) is 17.2 Å². The molecule has 36 heavy (non-hydrogen) atoms. The molecule has 186 valence electrons. The number of nitrogens with zero attached hydrogens (tertiary/aromatic N) is 3. The molecule has 0 N–H and O–H groups in total. The number of carbonyl (C=O) groups is 2. The van der Waals surface area contributed by atoms with Crippen molar-refractivity contribution < 1.29 is 28.2 Å². The second kappa shape index (κ2) is 9.23. The Hall–Kier alpha value is -3.98. The highest BCUT2D eigenvalue weighted by Gasteiger charge is 2.28. The van der Waals surface area contributed by atoms with Crippen LogP contribution in [0.25, 0.3) is 0 Å². The number of carbonyl (C=O) groups excluding carboxylic acids is 2. The summed E-state index contributed by atoms with van der Waals surface area (Å²) in [6, 6.07) is 15.2. The third-order valence-corrected chi connectivity index (χ3v) is 6.75. The lowest BCUT2D eigenvalue weighted by atomic mass is 10.1. The van der Waals surface area contributed by atoms with E-state index >= 15 is 0 Å². The number of hydrogen-bond donors (Lipinski definition) is 0. The maximum Gasteiger partial charge on any atom is 0.289 e. The van der Waals surface area contributed by atoms with Gasteiger partial charge in [-0.2, -0.15) is 0 Å². The van der Waals surface area contributed by atoms with Crippen molar-refractivity contribution in [1.29, 1.82) is 0 Å². The summed E-state index contributed by atoms with van der Waals surface area (Å²) in [5, 5.41) is 0. The molecular weight excluding hydrogens is 462 g/mol. The minimum absolute atomic E-state index is 0.0144. The van der Waals surface area contributed by atoms with Crippen LogP contribution in [0.15, 0.2) is 52.9 Å². The Morgan fingerprint density at radius 3 is 2.56 bits per heavy atom. The third-order valence-electron chi connectivity index (χ3n) is 6.75. The van der Waals surface area contributed by atoms with Gasteiger partial charge in [0, 0.05) is 32.7 Å². The largest absolute Gasteiger partial charge is 0.482 e. The fourth-order valence-electron chi connectivity index (χ4n) is 4.78. The molecule has 3 aromatic rings. The van der Waals surface area contributed by atoms with Gasteiger partial charge in [0.1, 0.15) is 11.5 Å². The first kappa shape index (κ1) is 22.5. The molecule has 3 aliphatic rings. The fraction of sp³-hybridized carbons (Fsp3) is 0.333. The highest BCUT2D eigenvalue weighted by atomic mass is 16.7. The van der Waals surface area contributed by atoms with Gasteiger partial charge in [-0.3, -0.25) is 19.4 Å². The van der Waals surface area contributed by atoms with Crippen molar-refractivity contribution >= 4 is 17.5 Å². The molecule has 2 aromatic carbocycles. The lowest BCUT2D eigenvalue weighted by Gasteiger charge is -2.34. The Balaban J connectivity index is 1.06. The fourth-order valence-corrected chi connectivity index (χ4v) is 4.78. The summed E-state index contributed by atoms with van der Waals surface area (Å²) in [4.78, 5) is 31.4. The molecule has 4 heterocycles. The second-order valence-electron chi connectivity index (χ2n) is 9.26. The highest BCUT2D eigenvalue weighted by Crippen LogP contribution is 2.34. The van der Waals surface area contributed by atoms with E-state index in [1.165, 1.54) is 0 Å². The molecule has 1 fully saturated rings. The Labute approximate surface area is 208 Å². The average molecular weight is 490 g/mol. The normalized spacial score (nSPS) is 17.2. The predicted molar refractivity (Wildman–Crippen MR) is 130 cm³/mol. The van der Waals surface area contributed by atoms with Crippen LogP contribution in [-0.2, 0) is 17.9 Å². The Kier molecular flexibility index (Phi) is 5.77. The standard InChI is InChI=1S/C27H27N3O6/c1-18-2-5-21-24(12-18)33-16-26(31)30(21)15-20-4-7-23(36-20)27(32)29-10-8-28(9-11-29)14-19-3-6-22-25(13-19)35-17-34-22/h2-7,12-13H,8-11,14-17H2,1H3. The van der Waals surface area contributed by atoms with Crippen molar-refractivity contribution in [2.45, 2.75) is 20.0 Å². The zero-order chi connectivity index (χ0) is 24.6. The Morgan fingerprint density at radius 1 is 0.861 bits per heavy atom. The minimum Gasteiger partial charge on any atom is -0.482 e. The number of amides is 2. The number of benzene rings is 2. The lowest BCUT2D eigenvalue weighted by Crippen LogP contribution is -2.48. The molecule has 0 unspecified atom stereocenters. The molecule has 0 radical (unpaired) electrons. The maximum atomic E-state index is 13.1. The first-order valence-electron chi connectivity index (χ1n) is 12.1. The van der Waals surface area contributed by atoms with Crippen LogP contribution in [0, 0.1) is 6.92 Å². The van der Waals surface area contributed by atoms with Gasteiger partial charge in [-0.1, -0.05) is 12.1 Å². The van der Waals surface area contributed by atoms with Crippen molar-refractivity contribution in [1.82, 2.24) is 9.80 Å². The van der Waals surface area contributed by atoms with Gasteiger partial charge in [0.2, 0.25) is 6.79 Å². The summed E-state index contributed by atoms with van der Waals surface area (Å²) in [5.74, 6) is 2.82. The van der Waals surface area contributed by atoms with Crippen LogP contribution in [0.4, 0.5) is 5.69 Å². The van der Waals surface area contributed by atoms with Crippen LogP contribution in [-0.4, -0.2) is 61.2 Å². The summed E-state index contributed by atoms with van der Waals surface area (Å²) in [5.41, 5.74) is 2.92. The van der Waals surface area contributed by atoms with E-state index < -0.39 is 0 Å². The summed E-state index contributed by atoms with van der Waals surface area (Å²) in [7, 11) is 0. The number of ether oxygens (including phenoxy) is 3. The highest BCUT2D eigenvalue weighted by molar-refractivity contribution is 5.97. The van der Waals surface area contributed by atoms with E-state index in [-0.39, 0.29) is 31.8 Å². The van der Waals surface area contributed by atoms with Gasteiger partial charge in [0.25, 0.3) is 11.8 Å². The molecule has 2 amide bonds. The van der Waals surface area contributed by atoms with E-state index in [0.29, 0.717) is 36.0 Å². The van der Waals surface area contributed by atoms with Crippen molar-refractivity contribution in [2.24, 2.45) is 0 Å². The van der Waals surface area contributed by atoms with Crippen LogP contribution in [0.3, 0.4) is 0 Å². The summed E-state index contributed by atoms with van der Waals surface area (Å²) >= 11 is 0. The van der Waals surface area contributed by atoms with E-state index in [4.69, 9.17) is 18.6 Å². The molecule has 3 aliphatic heterocycles. The molecule has 0 bridgehead atoms. The molecule has 0 atom stereocenters. The van der Waals surface area contributed by atoms with Gasteiger partial charge in [-0.25, -0.2) is 0 Å². The van der Waals surface area contributed by atoms with Gasteiger partial charge >= 0.3 is 0 Å². The quantitative estimate of drug-likeness (QED) is 0.544. The van der Waals surface area contributed by atoms with Crippen LogP contribution in [0.1, 0.15) is 27.4 Å². The zero-order valence-electron chi connectivity index (χ0n) is 20.1. The predicted octanol–water partition coefficient (Wildman–Crippen LogP) is 3.20. The third kappa shape index (κ3) is 4.37. The van der Waals surface area contributed by atoms with Crippen LogP contribution < -0.4 is 19.1 Å². The molecule has 9 nitrogen and oxygen atoms in total. The van der Waals surface area contributed by atoms with Crippen LogP contribution >= 0.6 is 0 Å². The van der Waals surface area contributed by atoms with E-state index in [2.05, 4.69) is 4.90 Å². The van der Waals surface area contributed by atoms with E-state index in [1.807, 2.05) is 48.2 Å². The summed E-state index contributed by atoms with van der Waals surface area (Å²) < 4.78 is 22.3. The van der Waals surface area contributed by atoms with Crippen molar-refractivity contribution in [3.05, 3.63) is 71.2 Å². The van der Waals surface area contributed by atoms with Gasteiger partial charge < -0.3 is 23.5 Å². The number of hydrogen-bond acceptors (Lipinski definition) is 7. The molecule has 0 aliphatic carbocycles. The zero-order valence-corrected chi connectivity index (χ0v) is 20.1. The molecule has 0 spiro atoms. The maximum absolute atomic E-state index is 13.1. The van der Waals surface area contributed by atoms with Crippen molar-refractivity contribution in [3.63, 3.8) is 0 Å². The van der Waals surface area contributed by atoms with Gasteiger partial charge in [0.05, 0.1) is 12.2 Å². The van der Waals surface area contributed by atoms with Crippen molar-refractivity contribution in [2.75, 3.05) is 44.5 Å². The second-order valence-corrected chi connectivity index (χ2v) is 9.26. The van der Waals surface area contributed by atoms with Gasteiger partial charge in [0.15, 0.2) is 23.9 Å². The molecule has 9 heteroatoms. The first-order valence-corrected chi connectivity index (χ1v) is 12.1. The molecule has 1 saturated heterocycles. The topological polar surface area (TPSA) is 84.7 Å². The molecule has 0 saturated carbocycles. The van der Waals surface area contributed by atoms with Crippen LogP contribution in [0.5, 0.6) is 17.2 Å². The lowest BCUT2D eigenvalue weighted by molar-refractivity contribution is -0.121. The number of furan rings is 1.